The third-order valence-corrected chi connectivity index (χ3v) is 3.01. The number of para-hydroxylation sites is 1. The molecule has 4 nitrogen and oxygen atoms in total. The maximum absolute atomic E-state index is 11.8. The van der Waals surface area contributed by atoms with Crippen molar-refractivity contribution in [3.05, 3.63) is 36.0 Å². The van der Waals surface area contributed by atoms with Crippen molar-refractivity contribution >= 4 is 22.6 Å². The number of pyridine rings is 1. The molecule has 0 unspecified atom stereocenters. The van der Waals surface area contributed by atoms with E-state index in [0.29, 0.717) is 6.04 Å². The molecule has 0 spiro atoms. The molecule has 2 N–H and O–H groups in total. The lowest BCUT2D eigenvalue weighted by atomic mass is 10.1. The van der Waals surface area contributed by atoms with E-state index in [9.17, 15) is 4.79 Å². The second-order valence-electron chi connectivity index (χ2n) is 4.70. The molecule has 3 rings (SSSR count). The van der Waals surface area contributed by atoms with E-state index in [-0.39, 0.29) is 6.03 Å². The van der Waals surface area contributed by atoms with E-state index in [1.807, 2.05) is 37.3 Å². The number of urea groups is 1. The van der Waals surface area contributed by atoms with Crippen LogP contribution in [0.15, 0.2) is 30.3 Å². The van der Waals surface area contributed by atoms with Crippen LogP contribution in [0.4, 0.5) is 10.5 Å². The Hall–Kier alpha value is -2.10. The van der Waals surface area contributed by atoms with E-state index in [1.165, 1.54) is 0 Å². The van der Waals surface area contributed by atoms with E-state index >= 15 is 0 Å². The summed E-state index contributed by atoms with van der Waals surface area (Å²) >= 11 is 0. The van der Waals surface area contributed by atoms with Crippen LogP contribution < -0.4 is 10.6 Å². The zero-order chi connectivity index (χ0) is 12.5. The molecule has 1 aliphatic rings. The molecular formula is C14H15N3O. The van der Waals surface area contributed by atoms with Gasteiger partial charge in [-0.05, 0) is 31.9 Å². The smallest absolute Gasteiger partial charge is 0.319 e. The summed E-state index contributed by atoms with van der Waals surface area (Å²) < 4.78 is 0. The fourth-order valence-electron chi connectivity index (χ4n) is 1.98. The SMILES string of the molecule is Cc1cc(NC(=O)NC2CC2)c2ccccc2n1. The first-order chi connectivity index (χ1) is 8.72. The van der Waals surface area contributed by atoms with Crippen LogP contribution in [0.3, 0.4) is 0 Å². The third kappa shape index (κ3) is 2.27. The van der Waals surface area contributed by atoms with E-state index < -0.39 is 0 Å². The lowest BCUT2D eigenvalue weighted by Gasteiger charge is -2.10. The number of nitrogens with zero attached hydrogens (tertiary/aromatic N) is 1. The molecule has 1 fully saturated rings. The molecule has 1 aliphatic carbocycles. The number of amides is 2. The fraction of sp³-hybridized carbons (Fsp3) is 0.286. The van der Waals surface area contributed by atoms with Gasteiger partial charge in [-0.3, -0.25) is 4.98 Å². The highest BCUT2D eigenvalue weighted by Crippen LogP contribution is 2.23. The second kappa shape index (κ2) is 4.29. The number of aromatic nitrogens is 1. The van der Waals surface area contributed by atoms with Gasteiger partial charge in [-0.1, -0.05) is 18.2 Å². The third-order valence-electron chi connectivity index (χ3n) is 3.01. The van der Waals surface area contributed by atoms with E-state index in [4.69, 9.17) is 0 Å². The van der Waals surface area contributed by atoms with Gasteiger partial charge in [0.2, 0.25) is 0 Å². The van der Waals surface area contributed by atoms with Crippen LogP contribution in [0.1, 0.15) is 18.5 Å². The van der Waals surface area contributed by atoms with Gasteiger partial charge in [0.05, 0.1) is 11.2 Å². The molecule has 1 aromatic heterocycles. The number of anilines is 1. The normalized spacial score (nSPS) is 14.5. The minimum Gasteiger partial charge on any atom is -0.335 e. The van der Waals surface area contributed by atoms with Gasteiger partial charge >= 0.3 is 6.03 Å². The molecule has 0 bridgehead atoms. The number of rotatable bonds is 2. The first-order valence-corrected chi connectivity index (χ1v) is 6.16. The average Bonchev–Trinajstić information content (AvgIpc) is 3.12. The number of hydrogen-bond donors (Lipinski definition) is 2. The maximum Gasteiger partial charge on any atom is 0.319 e. The number of aryl methyl sites for hydroxylation is 1. The topological polar surface area (TPSA) is 54.0 Å². The van der Waals surface area contributed by atoms with Crippen LogP contribution >= 0.6 is 0 Å². The Morgan fingerprint density at radius 2 is 2.11 bits per heavy atom. The van der Waals surface area contributed by atoms with Crippen molar-refractivity contribution in [2.75, 3.05) is 5.32 Å². The van der Waals surface area contributed by atoms with E-state index in [2.05, 4.69) is 15.6 Å². The van der Waals surface area contributed by atoms with Gasteiger partial charge in [-0.15, -0.1) is 0 Å². The zero-order valence-corrected chi connectivity index (χ0v) is 10.2. The second-order valence-corrected chi connectivity index (χ2v) is 4.70. The summed E-state index contributed by atoms with van der Waals surface area (Å²) in [6.45, 7) is 1.93. The van der Waals surface area contributed by atoms with Crippen molar-refractivity contribution in [1.82, 2.24) is 10.3 Å². The van der Waals surface area contributed by atoms with E-state index in [0.717, 1.165) is 35.1 Å². The van der Waals surface area contributed by atoms with Crippen molar-refractivity contribution in [3.8, 4) is 0 Å². The minimum atomic E-state index is -0.131. The zero-order valence-electron chi connectivity index (χ0n) is 10.2. The van der Waals surface area contributed by atoms with Crippen LogP contribution in [0.2, 0.25) is 0 Å². The Morgan fingerprint density at radius 3 is 2.89 bits per heavy atom. The van der Waals surface area contributed by atoms with Crippen LogP contribution in [0, 0.1) is 6.92 Å². The van der Waals surface area contributed by atoms with Crippen LogP contribution in [0.5, 0.6) is 0 Å². The monoisotopic (exact) mass is 241 g/mol. The molecule has 2 aromatic rings. The lowest BCUT2D eigenvalue weighted by Crippen LogP contribution is -2.30. The predicted molar refractivity (Wildman–Crippen MR) is 71.7 cm³/mol. The number of benzene rings is 1. The maximum atomic E-state index is 11.8. The van der Waals surface area contributed by atoms with Crippen LogP contribution in [-0.4, -0.2) is 17.1 Å². The molecule has 1 saturated carbocycles. The molecule has 1 aromatic carbocycles. The van der Waals surface area contributed by atoms with E-state index in [1.54, 1.807) is 0 Å². The molecule has 0 aliphatic heterocycles. The number of hydrogen-bond acceptors (Lipinski definition) is 2. The molecule has 4 heteroatoms. The Balaban J connectivity index is 1.91. The molecule has 1 heterocycles. The van der Waals surface area contributed by atoms with Gasteiger partial charge in [-0.2, -0.15) is 0 Å². The number of nitrogens with one attached hydrogen (secondary N) is 2. The molecule has 92 valence electrons. The number of carbonyl (C=O) groups excluding carboxylic acids is 1. The van der Waals surface area contributed by atoms with Crippen LogP contribution in [0.25, 0.3) is 10.9 Å². The minimum absolute atomic E-state index is 0.131. The summed E-state index contributed by atoms with van der Waals surface area (Å²) in [4.78, 5) is 16.2. The molecule has 0 radical (unpaired) electrons. The Kier molecular flexibility index (Phi) is 2.63. The van der Waals surface area contributed by atoms with Gasteiger partial charge in [0.15, 0.2) is 0 Å². The number of fused-ring (bicyclic) bond motifs is 1. The van der Waals surface area contributed by atoms with Gasteiger partial charge in [0, 0.05) is 17.1 Å². The fourth-order valence-corrected chi connectivity index (χ4v) is 1.98. The molecule has 0 saturated heterocycles. The van der Waals surface area contributed by atoms with Crippen molar-refractivity contribution in [3.63, 3.8) is 0 Å². The summed E-state index contributed by atoms with van der Waals surface area (Å²) in [6.07, 6.45) is 2.17. The summed E-state index contributed by atoms with van der Waals surface area (Å²) in [5.41, 5.74) is 2.62. The summed E-state index contributed by atoms with van der Waals surface area (Å²) in [5.74, 6) is 0. The first kappa shape index (κ1) is 11.0. The highest BCUT2D eigenvalue weighted by molar-refractivity contribution is 6.00. The number of carbonyl (C=O) groups is 1. The molecular weight excluding hydrogens is 226 g/mol. The predicted octanol–water partition coefficient (Wildman–Crippen LogP) is 2.83. The lowest BCUT2D eigenvalue weighted by molar-refractivity contribution is 0.252. The highest BCUT2D eigenvalue weighted by Gasteiger charge is 2.23. The van der Waals surface area contributed by atoms with Crippen LogP contribution in [-0.2, 0) is 0 Å². The first-order valence-electron chi connectivity index (χ1n) is 6.16. The van der Waals surface area contributed by atoms with Gasteiger partial charge in [0.1, 0.15) is 0 Å². The van der Waals surface area contributed by atoms with Crippen molar-refractivity contribution in [2.45, 2.75) is 25.8 Å². The summed E-state index contributed by atoms with van der Waals surface area (Å²) in [6, 6.07) is 9.94. The largest absolute Gasteiger partial charge is 0.335 e. The van der Waals surface area contributed by atoms with Gasteiger partial charge in [-0.25, -0.2) is 4.79 Å². The van der Waals surface area contributed by atoms with Gasteiger partial charge < -0.3 is 10.6 Å². The van der Waals surface area contributed by atoms with Gasteiger partial charge in [0.25, 0.3) is 0 Å². The van der Waals surface area contributed by atoms with Crippen molar-refractivity contribution < 1.29 is 4.79 Å². The quantitative estimate of drug-likeness (QED) is 0.849. The Bertz CT molecular complexity index is 605. The molecule has 2 amide bonds. The standard InChI is InChI=1S/C14H15N3O/c1-9-8-13(17-14(18)16-10-6-7-10)11-4-2-3-5-12(11)15-9/h2-5,8,10H,6-7H2,1H3,(H2,15,16,17,18). The van der Waals surface area contributed by atoms with Crippen molar-refractivity contribution in [1.29, 1.82) is 0 Å². The Labute approximate surface area is 105 Å². The molecule has 0 atom stereocenters. The Morgan fingerprint density at radius 1 is 1.33 bits per heavy atom. The summed E-state index contributed by atoms with van der Waals surface area (Å²) in [5, 5.41) is 6.79. The van der Waals surface area contributed by atoms with Crippen molar-refractivity contribution in [2.24, 2.45) is 0 Å². The highest BCUT2D eigenvalue weighted by atomic mass is 16.2. The molecule has 18 heavy (non-hydrogen) atoms. The average molecular weight is 241 g/mol. The summed E-state index contributed by atoms with van der Waals surface area (Å²) in [7, 11) is 0.